The summed E-state index contributed by atoms with van der Waals surface area (Å²) in [5.74, 6) is 0. The van der Waals surface area contributed by atoms with Crippen LogP contribution in [0.5, 0.6) is 0 Å². The zero-order valence-corrected chi connectivity index (χ0v) is 9.48. The van der Waals surface area contributed by atoms with Crippen LogP contribution in [-0.4, -0.2) is 27.8 Å². The van der Waals surface area contributed by atoms with E-state index >= 15 is 0 Å². The number of hydrogen-bond donors (Lipinski definition) is 1. The van der Waals surface area contributed by atoms with Crippen LogP contribution in [-0.2, 0) is 0 Å². The molecule has 0 saturated heterocycles. The summed E-state index contributed by atoms with van der Waals surface area (Å²) in [6.07, 6.45) is 0. The first-order valence-electron chi connectivity index (χ1n) is 3.22. The molecule has 0 aromatic carbocycles. The largest absolute Gasteiger partial charge is 1.00 e. The molecule has 0 rings (SSSR count). The van der Waals surface area contributed by atoms with Crippen LogP contribution in [0.3, 0.4) is 0 Å². The molecule has 0 bridgehead atoms. The molecule has 0 aliphatic rings. The molecule has 0 aromatic heterocycles. The SMILES string of the molecule is CCN(C(C)C)[N+]([O-])=NO.[H-].[Na+]. The summed E-state index contributed by atoms with van der Waals surface area (Å²) in [5.41, 5.74) is 0. The standard InChI is InChI=1S/C5H13N3O2.Na.H/c1-4-7(5(2)3)8(10)6-9;;/h5,9H,4H2,1-3H3;;/q;+1;-1. The zero-order valence-electron chi connectivity index (χ0n) is 8.48. The van der Waals surface area contributed by atoms with Gasteiger partial charge in [-0.25, -0.2) is 0 Å². The number of hydrazine groups is 1. The van der Waals surface area contributed by atoms with Crippen molar-refractivity contribution >= 4 is 0 Å². The molecule has 1 N–H and O–H groups in total. The van der Waals surface area contributed by atoms with Gasteiger partial charge in [0.15, 0.2) is 0 Å². The second-order valence-corrected chi connectivity index (χ2v) is 2.19. The summed E-state index contributed by atoms with van der Waals surface area (Å²) in [6.45, 7) is 6.04. The predicted octanol–water partition coefficient (Wildman–Crippen LogP) is -1.90. The second kappa shape index (κ2) is 6.69. The van der Waals surface area contributed by atoms with Crippen LogP contribution >= 0.6 is 0 Å². The molecule has 5 nitrogen and oxygen atoms in total. The van der Waals surface area contributed by atoms with Gasteiger partial charge >= 0.3 is 29.6 Å². The number of nitrogens with zero attached hydrogens (tertiary/aromatic N) is 3. The van der Waals surface area contributed by atoms with Crippen molar-refractivity contribution in [3.63, 3.8) is 0 Å². The Morgan fingerprint density at radius 1 is 1.73 bits per heavy atom. The van der Waals surface area contributed by atoms with Gasteiger partial charge in [0.2, 0.25) is 5.28 Å². The van der Waals surface area contributed by atoms with Crippen LogP contribution in [0.2, 0.25) is 0 Å². The minimum absolute atomic E-state index is 0. The van der Waals surface area contributed by atoms with Crippen LogP contribution in [0.25, 0.3) is 0 Å². The third kappa shape index (κ3) is 4.44. The molecule has 62 valence electrons. The normalized spacial score (nSPS) is 11.1. The monoisotopic (exact) mass is 171 g/mol. The van der Waals surface area contributed by atoms with E-state index in [1.807, 2.05) is 20.8 Å². The number of rotatable bonds is 3. The molecule has 0 aliphatic heterocycles. The van der Waals surface area contributed by atoms with Crippen LogP contribution < -0.4 is 29.6 Å². The molecule has 0 radical (unpaired) electrons. The molecule has 0 unspecified atom stereocenters. The van der Waals surface area contributed by atoms with Crippen molar-refractivity contribution in [1.82, 2.24) is 5.01 Å². The van der Waals surface area contributed by atoms with Crippen molar-refractivity contribution in [2.75, 3.05) is 6.54 Å². The molecule has 6 heteroatoms. The smallest absolute Gasteiger partial charge is 1.00 e. The summed E-state index contributed by atoms with van der Waals surface area (Å²) in [7, 11) is 0. The molecule has 0 amide bonds. The maximum absolute atomic E-state index is 10.6. The van der Waals surface area contributed by atoms with E-state index in [1.165, 1.54) is 5.01 Å². The van der Waals surface area contributed by atoms with E-state index in [2.05, 4.69) is 5.28 Å². The Hall–Kier alpha value is 0. The average molecular weight is 171 g/mol. The summed E-state index contributed by atoms with van der Waals surface area (Å²) < 4.78 is 0. The Bertz CT molecular complexity index is 134. The van der Waals surface area contributed by atoms with E-state index in [0.29, 0.717) is 6.54 Å². The summed E-state index contributed by atoms with van der Waals surface area (Å²) in [4.78, 5) is 0.185. The molecule has 0 heterocycles. The van der Waals surface area contributed by atoms with Crippen molar-refractivity contribution in [1.29, 1.82) is 0 Å². The molecule has 0 fully saturated rings. The molecular formula is C5H14N3NaO2. The topological polar surface area (TPSA) is 61.9 Å². The van der Waals surface area contributed by atoms with Crippen LogP contribution in [0, 0.1) is 5.21 Å². The Kier molecular flexibility index (Phi) is 8.26. The van der Waals surface area contributed by atoms with E-state index < -0.39 is 0 Å². The van der Waals surface area contributed by atoms with Gasteiger partial charge < -0.3 is 11.8 Å². The average Bonchev–Trinajstić information content (AvgIpc) is 1.88. The van der Waals surface area contributed by atoms with Crippen molar-refractivity contribution in [3.8, 4) is 0 Å². The van der Waals surface area contributed by atoms with Crippen LogP contribution in [0.4, 0.5) is 0 Å². The Morgan fingerprint density at radius 3 is 2.27 bits per heavy atom. The molecule has 0 aromatic rings. The van der Waals surface area contributed by atoms with Gasteiger partial charge in [0, 0.05) is 0 Å². The van der Waals surface area contributed by atoms with Crippen molar-refractivity contribution in [2.45, 2.75) is 26.8 Å². The third-order valence-corrected chi connectivity index (χ3v) is 1.22. The quantitative estimate of drug-likeness (QED) is 0.233. The Labute approximate surface area is 90.0 Å². The van der Waals surface area contributed by atoms with E-state index in [0.717, 1.165) is 0 Å². The maximum Gasteiger partial charge on any atom is 1.00 e. The third-order valence-electron chi connectivity index (χ3n) is 1.22. The number of hydrogen-bond acceptors (Lipinski definition) is 2. The van der Waals surface area contributed by atoms with Gasteiger partial charge in [0.05, 0.1) is 17.6 Å². The van der Waals surface area contributed by atoms with Crippen LogP contribution in [0.1, 0.15) is 22.2 Å². The molecule has 0 spiro atoms. The van der Waals surface area contributed by atoms with Crippen LogP contribution in [0.15, 0.2) is 5.28 Å². The van der Waals surface area contributed by atoms with Crippen molar-refractivity contribution in [2.24, 2.45) is 5.28 Å². The first kappa shape index (κ1) is 13.6. The van der Waals surface area contributed by atoms with Gasteiger partial charge in [0.25, 0.3) is 0 Å². The van der Waals surface area contributed by atoms with Gasteiger partial charge in [0.1, 0.15) is 0 Å². The van der Waals surface area contributed by atoms with Gasteiger partial charge in [-0.3, -0.25) is 0 Å². The predicted molar refractivity (Wildman–Crippen MR) is 36.5 cm³/mol. The van der Waals surface area contributed by atoms with Crippen molar-refractivity contribution < 1.29 is 41.2 Å². The molecule has 11 heavy (non-hydrogen) atoms. The molecule has 0 saturated carbocycles. The van der Waals surface area contributed by atoms with Gasteiger partial charge in [-0.15, -0.1) is 5.01 Å². The fraction of sp³-hybridized carbons (Fsp3) is 1.00. The van der Waals surface area contributed by atoms with Gasteiger partial charge in [-0.2, -0.15) is 0 Å². The molecular weight excluding hydrogens is 157 g/mol. The van der Waals surface area contributed by atoms with E-state index in [-0.39, 0.29) is 42.0 Å². The molecule has 0 atom stereocenters. The summed E-state index contributed by atoms with van der Waals surface area (Å²) in [5, 5.41) is 22.6. The minimum Gasteiger partial charge on any atom is -1.00 e. The Morgan fingerprint density at radius 2 is 2.18 bits per heavy atom. The zero-order chi connectivity index (χ0) is 8.15. The first-order chi connectivity index (χ1) is 4.63. The maximum atomic E-state index is 10.6. The molecule has 0 aliphatic carbocycles. The summed E-state index contributed by atoms with van der Waals surface area (Å²) >= 11 is 0. The van der Waals surface area contributed by atoms with Gasteiger partial charge in [-0.05, 0) is 20.8 Å². The second-order valence-electron chi connectivity index (χ2n) is 2.19. The van der Waals surface area contributed by atoms with Crippen molar-refractivity contribution in [3.05, 3.63) is 5.21 Å². The minimum atomic E-state index is 0. The summed E-state index contributed by atoms with van der Waals surface area (Å²) in [6, 6.07) is 0.0541. The van der Waals surface area contributed by atoms with E-state index in [9.17, 15) is 5.21 Å². The fourth-order valence-corrected chi connectivity index (χ4v) is 0.735. The Balaban J connectivity index is -0.000000405. The fourth-order valence-electron chi connectivity index (χ4n) is 0.735. The van der Waals surface area contributed by atoms with E-state index in [1.54, 1.807) is 0 Å². The first-order valence-corrected chi connectivity index (χ1v) is 3.22. The van der Waals surface area contributed by atoms with Gasteiger partial charge in [-0.1, -0.05) is 0 Å². The van der Waals surface area contributed by atoms with E-state index in [4.69, 9.17) is 5.21 Å².